The Morgan fingerprint density at radius 3 is 2.44 bits per heavy atom. The molecular weight excluding hydrogens is 302 g/mol. The van der Waals surface area contributed by atoms with Crippen molar-refractivity contribution in [3.8, 4) is 0 Å². The van der Waals surface area contributed by atoms with Gasteiger partial charge in [-0.15, -0.1) is 0 Å². The molecular formula is C13H19BrF2N2. The minimum Gasteiger partial charge on any atom is -0.326 e. The van der Waals surface area contributed by atoms with E-state index in [9.17, 15) is 8.78 Å². The van der Waals surface area contributed by atoms with E-state index in [4.69, 9.17) is 5.73 Å². The maximum Gasteiger partial charge on any atom is 0.251 e. The van der Waals surface area contributed by atoms with Crippen molar-refractivity contribution in [2.24, 2.45) is 5.73 Å². The standard InChI is InChI=1S/C13H19BrF2N2/c1-3-11(17)13(18(2)8-12(15)16)9-6-4-5-7-10(9)14/h4-7,11-13H,3,8,17H2,1-2H3. The molecule has 0 saturated heterocycles. The third kappa shape index (κ3) is 4.00. The predicted octanol–water partition coefficient (Wildman–Crippen LogP) is 3.42. The Hall–Kier alpha value is -0.520. The summed E-state index contributed by atoms with van der Waals surface area (Å²) < 4.78 is 26.0. The van der Waals surface area contributed by atoms with Crippen LogP contribution in [0.4, 0.5) is 8.78 Å². The van der Waals surface area contributed by atoms with E-state index in [2.05, 4.69) is 15.9 Å². The number of halogens is 3. The SMILES string of the molecule is CCC(N)C(c1ccccc1Br)N(C)CC(F)F. The van der Waals surface area contributed by atoms with Crippen molar-refractivity contribution in [2.45, 2.75) is 31.9 Å². The van der Waals surface area contributed by atoms with E-state index < -0.39 is 6.43 Å². The highest BCUT2D eigenvalue weighted by Crippen LogP contribution is 2.30. The quantitative estimate of drug-likeness (QED) is 0.870. The summed E-state index contributed by atoms with van der Waals surface area (Å²) in [6.07, 6.45) is -1.62. The molecule has 0 fully saturated rings. The topological polar surface area (TPSA) is 29.3 Å². The Morgan fingerprint density at radius 1 is 1.33 bits per heavy atom. The molecule has 0 aliphatic carbocycles. The van der Waals surface area contributed by atoms with Crippen LogP contribution in [0.3, 0.4) is 0 Å². The van der Waals surface area contributed by atoms with Gasteiger partial charge in [0.1, 0.15) is 0 Å². The molecule has 1 rings (SSSR count). The lowest BCUT2D eigenvalue weighted by Crippen LogP contribution is -2.41. The lowest BCUT2D eigenvalue weighted by Gasteiger charge is -2.33. The van der Waals surface area contributed by atoms with Gasteiger partial charge in [-0.3, -0.25) is 4.90 Å². The highest BCUT2D eigenvalue weighted by molar-refractivity contribution is 9.10. The minimum absolute atomic E-state index is 0.174. The first kappa shape index (κ1) is 15.5. The molecule has 0 aromatic heterocycles. The van der Waals surface area contributed by atoms with Crippen molar-refractivity contribution >= 4 is 15.9 Å². The van der Waals surface area contributed by atoms with E-state index in [1.165, 1.54) is 0 Å². The van der Waals surface area contributed by atoms with Crippen LogP contribution < -0.4 is 5.73 Å². The van der Waals surface area contributed by atoms with Crippen molar-refractivity contribution in [1.29, 1.82) is 0 Å². The molecule has 102 valence electrons. The fourth-order valence-corrected chi connectivity index (χ4v) is 2.58. The Balaban J connectivity index is 3.02. The van der Waals surface area contributed by atoms with Crippen LogP contribution in [0.15, 0.2) is 28.7 Å². The molecule has 1 aromatic rings. The summed E-state index contributed by atoms with van der Waals surface area (Å²) in [7, 11) is 1.69. The summed E-state index contributed by atoms with van der Waals surface area (Å²) in [6, 6.07) is 7.24. The summed E-state index contributed by atoms with van der Waals surface area (Å²) in [4.78, 5) is 1.62. The Labute approximate surface area is 115 Å². The zero-order valence-electron chi connectivity index (χ0n) is 10.6. The summed E-state index contributed by atoms with van der Waals surface area (Å²) >= 11 is 3.46. The van der Waals surface area contributed by atoms with Gasteiger partial charge in [-0.1, -0.05) is 41.1 Å². The number of benzene rings is 1. The van der Waals surface area contributed by atoms with E-state index in [0.717, 1.165) is 16.5 Å². The van der Waals surface area contributed by atoms with Crippen molar-refractivity contribution < 1.29 is 8.78 Å². The molecule has 0 heterocycles. The molecule has 2 nitrogen and oxygen atoms in total. The number of nitrogens with two attached hydrogens (primary N) is 1. The average molecular weight is 321 g/mol. The Bertz CT molecular complexity index is 374. The van der Waals surface area contributed by atoms with Gasteiger partial charge >= 0.3 is 0 Å². The van der Waals surface area contributed by atoms with Gasteiger partial charge in [0.25, 0.3) is 6.43 Å². The van der Waals surface area contributed by atoms with E-state index in [1.54, 1.807) is 11.9 Å². The fourth-order valence-electron chi connectivity index (χ4n) is 2.06. The maximum atomic E-state index is 12.5. The molecule has 5 heteroatoms. The number of hydrogen-bond acceptors (Lipinski definition) is 2. The van der Waals surface area contributed by atoms with Crippen LogP contribution >= 0.6 is 15.9 Å². The smallest absolute Gasteiger partial charge is 0.251 e. The molecule has 2 unspecified atom stereocenters. The maximum absolute atomic E-state index is 12.5. The number of hydrogen-bond donors (Lipinski definition) is 1. The zero-order valence-corrected chi connectivity index (χ0v) is 12.2. The van der Waals surface area contributed by atoms with Crippen LogP contribution in [-0.2, 0) is 0 Å². The highest BCUT2D eigenvalue weighted by atomic mass is 79.9. The molecule has 1 aromatic carbocycles. The summed E-state index contributed by atoms with van der Waals surface area (Å²) in [6.45, 7) is 1.68. The molecule has 0 radical (unpaired) electrons. The van der Waals surface area contributed by atoms with Crippen LogP contribution in [0.1, 0.15) is 24.9 Å². The molecule has 18 heavy (non-hydrogen) atoms. The molecule has 0 spiro atoms. The minimum atomic E-state index is -2.36. The second kappa shape index (κ2) is 7.16. The van der Waals surface area contributed by atoms with Gasteiger partial charge < -0.3 is 5.73 Å². The first-order valence-corrected chi connectivity index (χ1v) is 6.75. The van der Waals surface area contributed by atoms with Crippen molar-refractivity contribution in [1.82, 2.24) is 4.90 Å². The Morgan fingerprint density at radius 2 is 1.94 bits per heavy atom. The molecule has 0 amide bonds. The summed E-state index contributed by atoms with van der Waals surface area (Å²) in [5.74, 6) is 0. The molecule has 0 aliphatic heterocycles. The number of likely N-dealkylation sites (N-methyl/N-ethyl adjacent to an activating group) is 1. The molecule has 0 aliphatic rings. The lowest BCUT2D eigenvalue weighted by atomic mass is 9.97. The normalized spacial score (nSPS) is 15.1. The van der Waals surface area contributed by atoms with Gasteiger partial charge in [-0.25, -0.2) is 8.78 Å². The first-order chi connectivity index (χ1) is 8.47. The van der Waals surface area contributed by atoms with Gasteiger partial charge in [0, 0.05) is 10.5 Å². The third-order valence-electron chi connectivity index (χ3n) is 3.00. The summed E-state index contributed by atoms with van der Waals surface area (Å²) in [5.41, 5.74) is 7.04. The van der Waals surface area contributed by atoms with Gasteiger partial charge in [-0.2, -0.15) is 0 Å². The molecule has 0 saturated carbocycles. The second-order valence-corrected chi connectivity index (χ2v) is 5.22. The van der Waals surface area contributed by atoms with E-state index >= 15 is 0 Å². The largest absolute Gasteiger partial charge is 0.326 e. The van der Waals surface area contributed by atoms with E-state index in [1.807, 2.05) is 31.2 Å². The van der Waals surface area contributed by atoms with E-state index in [-0.39, 0.29) is 18.6 Å². The lowest BCUT2D eigenvalue weighted by molar-refractivity contribution is 0.0733. The van der Waals surface area contributed by atoms with Gasteiger partial charge in [0.05, 0.1) is 12.6 Å². The van der Waals surface area contributed by atoms with Crippen LogP contribution in [-0.4, -0.2) is 31.0 Å². The average Bonchev–Trinajstić information content (AvgIpc) is 2.30. The van der Waals surface area contributed by atoms with Crippen molar-refractivity contribution in [3.63, 3.8) is 0 Å². The monoisotopic (exact) mass is 320 g/mol. The molecule has 0 bridgehead atoms. The third-order valence-corrected chi connectivity index (χ3v) is 3.72. The predicted molar refractivity (Wildman–Crippen MR) is 73.8 cm³/mol. The first-order valence-electron chi connectivity index (χ1n) is 5.95. The fraction of sp³-hybridized carbons (Fsp3) is 0.538. The van der Waals surface area contributed by atoms with Gasteiger partial charge in [0.15, 0.2) is 0 Å². The van der Waals surface area contributed by atoms with E-state index in [0.29, 0.717) is 0 Å². The van der Waals surface area contributed by atoms with Crippen LogP contribution in [0.2, 0.25) is 0 Å². The Kier molecular flexibility index (Phi) is 6.18. The number of rotatable bonds is 6. The van der Waals surface area contributed by atoms with Gasteiger partial charge in [0.2, 0.25) is 0 Å². The van der Waals surface area contributed by atoms with Crippen LogP contribution in [0.5, 0.6) is 0 Å². The van der Waals surface area contributed by atoms with Crippen LogP contribution in [0.25, 0.3) is 0 Å². The molecule has 2 atom stereocenters. The molecule has 2 N–H and O–H groups in total. The summed E-state index contributed by atoms with van der Waals surface area (Å²) in [5, 5.41) is 0. The second-order valence-electron chi connectivity index (χ2n) is 4.37. The number of alkyl halides is 2. The zero-order chi connectivity index (χ0) is 13.7. The van der Waals surface area contributed by atoms with Crippen molar-refractivity contribution in [3.05, 3.63) is 34.3 Å². The number of nitrogens with zero attached hydrogens (tertiary/aromatic N) is 1. The van der Waals surface area contributed by atoms with Crippen LogP contribution in [0, 0.1) is 0 Å². The van der Waals surface area contributed by atoms with Gasteiger partial charge in [-0.05, 0) is 25.1 Å². The van der Waals surface area contributed by atoms with Crippen molar-refractivity contribution in [2.75, 3.05) is 13.6 Å². The highest BCUT2D eigenvalue weighted by Gasteiger charge is 2.26.